The van der Waals surface area contributed by atoms with Crippen molar-refractivity contribution in [3.05, 3.63) is 0 Å². The highest BCUT2D eigenvalue weighted by Crippen LogP contribution is 2.26. The zero-order valence-corrected chi connectivity index (χ0v) is 6.19. The molecule has 1 fully saturated rings. The van der Waals surface area contributed by atoms with Gasteiger partial charge >= 0.3 is 0 Å². The van der Waals surface area contributed by atoms with Crippen LogP contribution in [0.4, 0.5) is 8.78 Å². The van der Waals surface area contributed by atoms with Gasteiger partial charge in [0.05, 0.1) is 12.6 Å². The molecule has 1 aliphatic heterocycles. The zero-order chi connectivity index (χ0) is 8.32. The molecule has 1 saturated heterocycles. The smallest absolute Gasteiger partial charge is 0.261 e. The second-order valence-electron chi connectivity index (χ2n) is 2.79. The first kappa shape index (κ1) is 8.41. The molecular formula is C7H10F2N2. The van der Waals surface area contributed by atoms with E-state index in [1.807, 2.05) is 6.07 Å². The van der Waals surface area contributed by atoms with Crippen LogP contribution >= 0.6 is 0 Å². The number of rotatable bonds is 2. The Morgan fingerprint density at radius 3 is 2.73 bits per heavy atom. The van der Waals surface area contributed by atoms with Gasteiger partial charge in [-0.1, -0.05) is 0 Å². The third kappa shape index (κ3) is 2.43. The maximum absolute atomic E-state index is 12.5. The molecule has 11 heavy (non-hydrogen) atoms. The summed E-state index contributed by atoms with van der Waals surface area (Å²) in [5.41, 5.74) is 0. The third-order valence-corrected chi connectivity index (χ3v) is 1.79. The predicted molar refractivity (Wildman–Crippen MR) is 36.2 cm³/mol. The van der Waals surface area contributed by atoms with Crippen molar-refractivity contribution < 1.29 is 8.78 Å². The van der Waals surface area contributed by atoms with Gasteiger partial charge < -0.3 is 0 Å². The van der Waals surface area contributed by atoms with Crippen LogP contribution in [-0.4, -0.2) is 30.5 Å². The molecule has 0 saturated carbocycles. The number of likely N-dealkylation sites (tertiary alicyclic amines) is 1. The second kappa shape index (κ2) is 3.14. The van der Waals surface area contributed by atoms with Gasteiger partial charge in [-0.3, -0.25) is 4.90 Å². The van der Waals surface area contributed by atoms with E-state index in [9.17, 15) is 8.78 Å². The SMILES string of the molecule is N#CCCN1CCC(F)(F)C1. The molecule has 0 spiro atoms. The highest BCUT2D eigenvalue weighted by atomic mass is 19.3. The summed E-state index contributed by atoms with van der Waals surface area (Å²) in [5.74, 6) is -2.52. The molecule has 0 aliphatic carbocycles. The number of nitriles is 1. The van der Waals surface area contributed by atoms with E-state index in [1.54, 1.807) is 4.90 Å². The van der Waals surface area contributed by atoms with Gasteiger partial charge in [-0.05, 0) is 0 Å². The molecule has 0 N–H and O–H groups in total. The fraction of sp³-hybridized carbons (Fsp3) is 0.857. The molecule has 0 radical (unpaired) electrons. The molecule has 0 aromatic rings. The average molecular weight is 160 g/mol. The van der Waals surface area contributed by atoms with Crippen LogP contribution in [0.5, 0.6) is 0 Å². The van der Waals surface area contributed by atoms with Crippen LogP contribution < -0.4 is 0 Å². The maximum atomic E-state index is 12.5. The topological polar surface area (TPSA) is 27.0 Å². The van der Waals surface area contributed by atoms with Gasteiger partial charge in [0, 0.05) is 25.9 Å². The van der Waals surface area contributed by atoms with Crippen LogP contribution in [0.15, 0.2) is 0 Å². The van der Waals surface area contributed by atoms with E-state index >= 15 is 0 Å². The second-order valence-corrected chi connectivity index (χ2v) is 2.79. The molecule has 1 heterocycles. The highest BCUT2D eigenvalue weighted by molar-refractivity contribution is 4.83. The van der Waals surface area contributed by atoms with Gasteiger partial charge in [0.25, 0.3) is 5.92 Å². The maximum Gasteiger partial charge on any atom is 0.261 e. The molecule has 0 aromatic heterocycles. The Morgan fingerprint density at radius 1 is 1.55 bits per heavy atom. The van der Waals surface area contributed by atoms with Crippen molar-refractivity contribution in [3.63, 3.8) is 0 Å². The van der Waals surface area contributed by atoms with Crippen molar-refractivity contribution in [1.29, 1.82) is 5.26 Å². The van der Waals surface area contributed by atoms with Crippen LogP contribution in [0.1, 0.15) is 12.8 Å². The van der Waals surface area contributed by atoms with Gasteiger partial charge in [-0.25, -0.2) is 8.78 Å². The van der Waals surface area contributed by atoms with Crippen molar-refractivity contribution >= 4 is 0 Å². The van der Waals surface area contributed by atoms with Gasteiger partial charge in [-0.2, -0.15) is 5.26 Å². The summed E-state index contributed by atoms with van der Waals surface area (Å²) in [6.45, 7) is 0.732. The minimum Gasteiger partial charge on any atom is -0.296 e. The van der Waals surface area contributed by atoms with Crippen molar-refractivity contribution in [2.75, 3.05) is 19.6 Å². The number of hydrogen-bond acceptors (Lipinski definition) is 2. The Kier molecular flexibility index (Phi) is 2.40. The van der Waals surface area contributed by atoms with Gasteiger partial charge in [-0.15, -0.1) is 0 Å². The number of hydrogen-bond donors (Lipinski definition) is 0. The van der Waals surface area contributed by atoms with E-state index in [-0.39, 0.29) is 13.0 Å². The van der Waals surface area contributed by atoms with Gasteiger partial charge in [0.15, 0.2) is 0 Å². The summed E-state index contributed by atoms with van der Waals surface area (Å²) >= 11 is 0. The zero-order valence-electron chi connectivity index (χ0n) is 6.19. The molecule has 0 bridgehead atoms. The first-order chi connectivity index (χ1) is 5.14. The number of nitrogens with zero attached hydrogens (tertiary/aromatic N) is 2. The molecule has 0 amide bonds. The minimum atomic E-state index is -2.52. The van der Waals surface area contributed by atoms with Crippen LogP contribution in [0, 0.1) is 11.3 Å². The normalized spacial score (nSPS) is 23.4. The lowest BCUT2D eigenvalue weighted by molar-refractivity contribution is 0.0124. The fourth-order valence-corrected chi connectivity index (χ4v) is 1.21. The first-order valence-corrected chi connectivity index (χ1v) is 3.61. The van der Waals surface area contributed by atoms with Crippen LogP contribution in [0.25, 0.3) is 0 Å². The van der Waals surface area contributed by atoms with Crippen molar-refractivity contribution in [3.8, 4) is 6.07 Å². The Bertz CT molecular complexity index is 174. The van der Waals surface area contributed by atoms with E-state index in [1.165, 1.54) is 0 Å². The molecule has 0 unspecified atom stereocenters. The Morgan fingerprint density at radius 2 is 2.27 bits per heavy atom. The molecule has 4 heteroatoms. The largest absolute Gasteiger partial charge is 0.296 e. The van der Waals surface area contributed by atoms with Gasteiger partial charge in [0.1, 0.15) is 0 Å². The van der Waals surface area contributed by atoms with E-state index in [2.05, 4.69) is 0 Å². The van der Waals surface area contributed by atoms with E-state index in [0.29, 0.717) is 19.5 Å². The quantitative estimate of drug-likeness (QED) is 0.607. The molecule has 1 aliphatic rings. The number of halogens is 2. The van der Waals surface area contributed by atoms with Gasteiger partial charge in [0.2, 0.25) is 0 Å². The summed E-state index contributed by atoms with van der Waals surface area (Å²) in [7, 11) is 0. The van der Waals surface area contributed by atoms with Crippen molar-refractivity contribution in [2.24, 2.45) is 0 Å². The third-order valence-electron chi connectivity index (χ3n) is 1.79. The standard InChI is InChI=1S/C7H10F2N2/c8-7(9)2-5-11(6-7)4-1-3-10/h1-2,4-6H2. The van der Waals surface area contributed by atoms with Crippen LogP contribution in [0.2, 0.25) is 0 Å². The summed E-state index contributed by atoms with van der Waals surface area (Å²) in [4.78, 5) is 1.63. The van der Waals surface area contributed by atoms with Crippen molar-refractivity contribution in [2.45, 2.75) is 18.8 Å². The average Bonchev–Trinajstić information content (AvgIpc) is 2.26. The first-order valence-electron chi connectivity index (χ1n) is 3.61. The highest BCUT2D eigenvalue weighted by Gasteiger charge is 2.37. The van der Waals surface area contributed by atoms with E-state index in [0.717, 1.165) is 0 Å². The van der Waals surface area contributed by atoms with Crippen LogP contribution in [-0.2, 0) is 0 Å². The van der Waals surface area contributed by atoms with Crippen LogP contribution in [0.3, 0.4) is 0 Å². The Hall–Kier alpha value is -0.690. The van der Waals surface area contributed by atoms with Crippen molar-refractivity contribution in [1.82, 2.24) is 4.90 Å². The molecule has 0 aromatic carbocycles. The molecular weight excluding hydrogens is 150 g/mol. The molecule has 2 nitrogen and oxygen atoms in total. The Labute approximate surface area is 64.4 Å². The predicted octanol–water partition coefficient (Wildman–Crippen LogP) is 1.24. The summed E-state index contributed by atoms with van der Waals surface area (Å²) in [6.07, 6.45) is 0.286. The lowest BCUT2D eigenvalue weighted by Gasteiger charge is -2.12. The lowest BCUT2D eigenvalue weighted by atomic mass is 10.3. The summed E-state index contributed by atoms with van der Waals surface area (Å²) in [5, 5.41) is 8.19. The lowest BCUT2D eigenvalue weighted by Crippen LogP contribution is -2.25. The monoisotopic (exact) mass is 160 g/mol. The molecule has 1 rings (SSSR count). The fourth-order valence-electron chi connectivity index (χ4n) is 1.21. The Balaban J connectivity index is 2.26. The number of alkyl halides is 2. The molecule has 0 atom stereocenters. The summed E-state index contributed by atoms with van der Waals surface area (Å²) in [6, 6.07) is 1.94. The summed E-state index contributed by atoms with van der Waals surface area (Å²) < 4.78 is 25.0. The molecule has 62 valence electrons. The van der Waals surface area contributed by atoms with E-state index in [4.69, 9.17) is 5.26 Å². The van der Waals surface area contributed by atoms with E-state index < -0.39 is 5.92 Å². The minimum absolute atomic E-state index is 0.0571.